The molecule has 0 amide bonds. The Morgan fingerprint density at radius 1 is 1.29 bits per heavy atom. The molecule has 1 aromatic rings. The van der Waals surface area contributed by atoms with Crippen LogP contribution in [-0.4, -0.2) is 13.2 Å². The zero-order chi connectivity index (χ0) is 12.1. The fraction of sp³-hybridized carbons (Fsp3) is 0.467. The molecule has 0 bridgehead atoms. The molecule has 1 aliphatic carbocycles. The van der Waals surface area contributed by atoms with E-state index >= 15 is 0 Å². The van der Waals surface area contributed by atoms with Crippen molar-refractivity contribution in [1.29, 1.82) is 0 Å². The van der Waals surface area contributed by atoms with Crippen LogP contribution < -0.4 is 9.47 Å². The highest BCUT2D eigenvalue weighted by molar-refractivity contribution is 5.47. The van der Waals surface area contributed by atoms with Crippen molar-refractivity contribution in [2.45, 2.75) is 26.2 Å². The van der Waals surface area contributed by atoms with Gasteiger partial charge in [-0.25, -0.2) is 0 Å². The van der Waals surface area contributed by atoms with E-state index in [-0.39, 0.29) is 0 Å². The molecule has 0 heterocycles. The first-order valence-corrected chi connectivity index (χ1v) is 6.19. The van der Waals surface area contributed by atoms with Crippen LogP contribution in [0.4, 0.5) is 0 Å². The van der Waals surface area contributed by atoms with Crippen molar-refractivity contribution in [3.63, 3.8) is 0 Å². The van der Waals surface area contributed by atoms with Gasteiger partial charge in [-0.05, 0) is 43.9 Å². The number of hydrogen-bond donors (Lipinski definition) is 0. The van der Waals surface area contributed by atoms with Gasteiger partial charge in [-0.1, -0.05) is 12.3 Å². The molecule has 1 fully saturated rings. The van der Waals surface area contributed by atoms with E-state index < -0.39 is 0 Å². The third kappa shape index (κ3) is 2.94. The monoisotopic (exact) mass is 230 g/mol. The average molecular weight is 230 g/mol. The molecule has 1 aliphatic rings. The molecule has 0 aliphatic heterocycles. The molecule has 0 radical (unpaired) electrons. The molecule has 2 rings (SSSR count). The first-order valence-electron chi connectivity index (χ1n) is 6.19. The van der Waals surface area contributed by atoms with Crippen LogP contribution in [0.1, 0.15) is 31.7 Å². The second-order valence-corrected chi connectivity index (χ2v) is 4.35. The van der Waals surface area contributed by atoms with E-state index in [1.807, 2.05) is 25.1 Å². The molecule has 0 aromatic heterocycles. The highest BCUT2D eigenvalue weighted by Gasteiger charge is 2.18. The van der Waals surface area contributed by atoms with Gasteiger partial charge in [0.1, 0.15) is 0 Å². The van der Waals surface area contributed by atoms with E-state index in [0.717, 1.165) is 29.6 Å². The number of rotatable bonds is 5. The first-order chi connectivity index (χ1) is 8.33. The van der Waals surface area contributed by atoms with E-state index in [4.69, 9.17) is 15.9 Å². The van der Waals surface area contributed by atoms with Crippen molar-refractivity contribution in [2.75, 3.05) is 13.2 Å². The zero-order valence-corrected chi connectivity index (χ0v) is 10.2. The predicted molar refractivity (Wildman–Crippen MR) is 68.4 cm³/mol. The van der Waals surface area contributed by atoms with E-state index in [2.05, 4.69) is 5.92 Å². The van der Waals surface area contributed by atoms with Gasteiger partial charge >= 0.3 is 0 Å². The smallest absolute Gasteiger partial charge is 0.162 e. The van der Waals surface area contributed by atoms with E-state index in [1.165, 1.54) is 19.3 Å². The SMILES string of the molecule is C#Cc1ccc(OCC2CCC2)c(OCC)c1. The maximum Gasteiger partial charge on any atom is 0.162 e. The van der Waals surface area contributed by atoms with Gasteiger partial charge in [0.05, 0.1) is 13.2 Å². The molecule has 17 heavy (non-hydrogen) atoms. The summed E-state index contributed by atoms with van der Waals surface area (Å²) < 4.78 is 11.3. The summed E-state index contributed by atoms with van der Waals surface area (Å²) in [6.07, 6.45) is 9.28. The number of ether oxygens (including phenoxy) is 2. The normalized spacial score (nSPS) is 14.8. The Morgan fingerprint density at radius 2 is 2.12 bits per heavy atom. The lowest BCUT2D eigenvalue weighted by Crippen LogP contribution is -2.19. The van der Waals surface area contributed by atoms with E-state index in [9.17, 15) is 0 Å². The molecule has 2 heteroatoms. The summed E-state index contributed by atoms with van der Waals surface area (Å²) in [5, 5.41) is 0. The van der Waals surface area contributed by atoms with E-state index in [0.29, 0.717) is 6.61 Å². The van der Waals surface area contributed by atoms with Crippen molar-refractivity contribution < 1.29 is 9.47 Å². The van der Waals surface area contributed by atoms with E-state index in [1.54, 1.807) is 0 Å². The highest BCUT2D eigenvalue weighted by atomic mass is 16.5. The minimum absolute atomic E-state index is 0.619. The summed E-state index contributed by atoms with van der Waals surface area (Å²) >= 11 is 0. The molecule has 1 aromatic carbocycles. The lowest BCUT2D eigenvalue weighted by atomic mass is 9.86. The van der Waals surface area contributed by atoms with Crippen LogP contribution in [0.25, 0.3) is 0 Å². The van der Waals surface area contributed by atoms with Gasteiger partial charge in [0.15, 0.2) is 11.5 Å². The maximum atomic E-state index is 5.80. The van der Waals surface area contributed by atoms with Gasteiger partial charge in [0, 0.05) is 5.56 Å². The lowest BCUT2D eigenvalue weighted by molar-refractivity contribution is 0.174. The number of terminal acetylenes is 1. The van der Waals surface area contributed by atoms with Gasteiger partial charge in [-0.3, -0.25) is 0 Å². The van der Waals surface area contributed by atoms with Gasteiger partial charge in [-0.15, -0.1) is 6.42 Å². The Labute approximate surface area is 103 Å². The van der Waals surface area contributed by atoms with Crippen LogP contribution in [0.3, 0.4) is 0 Å². The van der Waals surface area contributed by atoms with Gasteiger partial charge in [0.2, 0.25) is 0 Å². The average Bonchev–Trinajstić information content (AvgIpc) is 2.29. The Hall–Kier alpha value is -1.62. The molecule has 2 nitrogen and oxygen atoms in total. The third-order valence-electron chi connectivity index (χ3n) is 3.11. The molecule has 0 atom stereocenters. The molecular weight excluding hydrogens is 212 g/mol. The molecule has 0 spiro atoms. The van der Waals surface area contributed by atoms with Crippen LogP contribution in [0, 0.1) is 18.3 Å². The highest BCUT2D eigenvalue weighted by Crippen LogP contribution is 2.31. The fourth-order valence-electron chi connectivity index (χ4n) is 1.85. The molecular formula is C15H18O2. The maximum absolute atomic E-state index is 5.80. The molecule has 0 N–H and O–H groups in total. The molecule has 90 valence electrons. The summed E-state index contributed by atoms with van der Waals surface area (Å²) in [5.41, 5.74) is 0.824. The Morgan fingerprint density at radius 3 is 2.71 bits per heavy atom. The van der Waals surface area contributed by atoms with Crippen LogP contribution in [0.15, 0.2) is 18.2 Å². The van der Waals surface area contributed by atoms with Crippen molar-refractivity contribution in [1.82, 2.24) is 0 Å². The minimum atomic E-state index is 0.619. The summed E-state index contributed by atoms with van der Waals surface area (Å²) in [7, 11) is 0. The van der Waals surface area contributed by atoms with Crippen LogP contribution >= 0.6 is 0 Å². The first kappa shape index (κ1) is 11.9. The van der Waals surface area contributed by atoms with Crippen LogP contribution in [-0.2, 0) is 0 Å². The van der Waals surface area contributed by atoms with Gasteiger partial charge in [-0.2, -0.15) is 0 Å². The quantitative estimate of drug-likeness (QED) is 0.723. The fourth-order valence-corrected chi connectivity index (χ4v) is 1.85. The third-order valence-corrected chi connectivity index (χ3v) is 3.11. The summed E-state index contributed by atoms with van der Waals surface area (Å²) in [4.78, 5) is 0. The van der Waals surface area contributed by atoms with Crippen LogP contribution in [0.5, 0.6) is 11.5 Å². The summed E-state index contributed by atoms with van der Waals surface area (Å²) in [6, 6.07) is 5.65. The molecule has 1 saturated carbocycles. The standard InChI is InChI=1S/C15H18O2/c1-3-12-8-9-14(15(10-12)16-4-2)17-11-13-6-5-7-13/h1,8-10,13H,4-7,11H2,2H3. The molecule has 0 unspecified atom stereocenters. The number of benzene rings is 1. The summed E-state index contributed by atoms with van der Waals surface area (Å²) in [6.45, 7) is 3.36. The predicted octanol–water partition coefficient (Wildman–Crippen LogP) is 3.25. The zero-order valence-electron chi connectivity index (χ0n) is 10.2. The Bertz CT molecular complexity index is 413. The van der Waals surface area contributed by atoms with Crippen molar-refractivity contribution in [3.05, 3.63) is 23.8 Å². The van der Waals surface area contributed by atoms with Crippen molar-refractivity contribution >= 4 is 0 Å². The Balaban J connectivity index is 2.05. The number of hydrogen-bond acceptors (Lipinski definition) is 2. The largest absolute Gasteiger partial charge is 0.490 e. The lowest BCUT2D eigenvalue weighted by Gasteiger charge is -2.25. The van der Waals surface area contributed by atoms with Crippen molar-refractivity contribution in [3.8, 4) is 23.8 Å². The van der Waals surface area contributed by atoms with Gasteiger partial charge < -0.3 is 9.47 Å². The Kier molecular flexibility index (Phi) is 3.93. The second-order valence-electron chi connectivity index (χ2n) is 4.35. The minimum Gasteiger partial charge on any atom is -0.490 e. The summed E-state index contributed by atoms with van der Waals surface area (Å²) in [5.74, 6) is 4.88. The van der Waals surface area contributed by atoms with Crippen LogP contribution in [0.2, 0.25) is 0 Å². The topological polar surface area (TPSA) is 18.5 Å². The second kappa shape index (κ2) is 5.63. The molecule has 0 saturated heterocycles. The van der Waals surface area contributed by atoms with Crippen molar-refractivity contribution in [2.24, 2.45) is 5.92 Å². The van der Waals surface area contributed by atoms with Gasteiger partial charge in [0.25, 0.3) is 0 Å².